The van der Waals surface area contributed by atoms with E-state index in [9.17, 15) is 0 Å². The van der Waals surface area contributed by atoms with Crippen molar-refractivity contribution in [1.29, 1.82) is 0 Å². The highest BCUT2D eigenvalue weighted by molar-refractivity contribution is 4.96. The van der Waals surface area contributed by atoms with Crippen LogP contribution in [-0.2, 0) is 0 Å². The van der Waals surface area contributed by atoms with Gasteiger partial charge in [-0.25, -0.2) is 0 Å². The Morgan fingerprint density at radius 1 is 1.67 bits per heavy atom. The Kier molecular flexibility index (Phi) is 2.16. The number of rotatable bonds is 3. The van der Waals surface area contributed by atoms with Crippen LogP contribution in [0.2, 0.25) is 0 Å². The zero-order valence-corrected chi connectivity index (χ0v) is 5.98. The van der Waals surface area contributed by atoms with Gasteiger partial charge < -0.3 is 0 Å². The molecule has 0 amide bonds. The van der Waals surface area contributed by atoms with Gasteiger partial charge in [0.25, 0.3) is 0 Å². The van der Waals surface area contributed by atoms with E-state index >= 15 is 0 Å². The fraction of sp³-hybridized carbons (Fsp3) is 0.778. The van der Waals surface area contributed by atoms with E-state index in [4.69, 9.17) is 6.42 Å². The van der Waals surface area contributed by atoms with Gasteiger partial charge in [-0.3, -0.25) is 0 Å². The van der Waals surface area contributed by atoms with Gasteiger partial charge in [0.2, 0.25) is 0 Å². The molecule has 0 aromatic carbocycles. The van der Waals surface area contributed by atoms with Crippen molar-refractivity contribution in [1.82, 2.24) is 0 Å². The first-order chi connectivity index (χ1) is 4.38. The minimum Gasteiger partial charge on any atom is -0.0854 e. The predicted octanol–water partition coefficient (Wildman–Crippen LogP) is 2.40. The molecule has 1 atom stereocenters. The molecule has 49 valence electrons. The van der Waals surface area contributed by atoms with Crippen LogP contribution in [0.3, 0.4) is 0 Å². The lowest BCUT2D eigenvalue weighted by atomic mass is 10.00. The van der Waals surface area contributed by atoms with Crippen LogP contribution in [0.1, 0.15) is 32.6 Å². The fourth-order valence-corrected chi connectivity index (χ4v) is 1.24. The fourth-order valence-electron chi connectivity index (χ4n) is 1.24. The van der Waals surface area contributed by atoms with E-state index in [-0.39, 0.29) is 0 Å². The van der Waals surface area contributed by atoms with Crippen LogP contribution in [0.5, 0.6) is 0 Å². The standard InChI is InChI=1S/C9H13/c1-3-5-8(4-2)9-6-7-9/h8-9H,3,5-7H2,1H3. The number of hydrogen-bond donors (Lipinski definition) is 0. The molecule has 0 aromatic heterocycles. The van der Waals surface area contributed by atoms with Crippen LogP contribution in [0, 0.1) is 24.2 Å². The molecule has 1 aliphatic carbocycles. The van der Waals surface area contributed by atoms with Gasteiger partial charge >= 0.3 is 0 Å². The normalized spacial score (nSPS) is 20.9. The smallest absolute Gasteiger partial charge is 0.0241 e. The monoisotopic (exact) mass is 121 g/mol. The minimum atomic E-state index is 0.495. The average molecular weight is 121 g/mol. The maximum atomic E-state index is 6.98. The second-order valence-corrected chi connectivity index (χ2v) is 2.88. The maximum Gasteiger partial charge on any atom is 0.0241 e. The number of hydrogen-bond acceptors (Lipinski definition) is 0. The third-order valence-electron chi connectivity index (χ3n) is 1.98. The first kappa shape index (κ1) is 6.68. The van der Waals surface area contributed by atoms with E-state index in [0.29, 0.717) is 5.92 Å². The topological polar surface area (TPSA) is 0 Å². The summed E-state index contributed by atoms with van der Waals surface area (Å²) in [4.78, 5) is 0. The van der Waals surface area contributed by atoms with Crippen molar-refractivity contribution in [2.45, 2.75) is 32.6 Å². The second-order valence-electron chi connectivity index (χ2n) is 2.88. The molecule has 0 heteroatoms. The minimum absolute atomic E-state index is 0.495. The molecule has 1 saturated carbocycles. The van der Waals surface area contributed by atoms with E-state index in [2.05, 4.69) is 12.8 Å². The molecule has 0 aliphatic heterocycles. The van der Waals surface area contributed by atoms with Crippen molar-refractivity contribution in [3.8, 4) is 5.92 Å². The largest absolute Gasteiger partial charge is 0.0854 e. The Bertz CT molecular complexity index is 114. The Hall–Kier alpha value is -0.440. The Balaban J connectivity index is 2.23. The van der Waals surface area contributed by atoms with E-state index in [1.165, 1.54) is 25.7 Å². The first-order valence-electron chi connectivity index (χ1n) is 3.80. The van der Waals surface area contributed by atoms with Gasteiger partial charge in [-0.05, 0) is 31.6 Å². The summed E-state index contributed by atoms with van der Waals surface area (Å²) < 4.78 is 0. The molecule has 0 saturated heterocycles. The average Bonchev–Trinajstić information content (AvgIpc) is 2.64. The lowest BCUT2D eigenvalue weighted by molar-refractivity contribution is 0.533. The summed E-state index contributed by atoms with van der Waals surface area (Å²) in [7, 11) is 0. The molecule has 0 heterocycles. The molecule has 0 N–H and O–H groups in total. The Morgan fingerprint density at radius 2 is 2.33 bits per heavy atom. The quantitative estimate of drug-likeness (QED) is 0.503. The summed E-state index contributed by atoms with van der Waals surface area (Å²) in [5, 5.41) is 0. The Morgan fingerprint density at radius 3 is 2.67 bits per heavy atom. The van der Waals surface area contributed by atoms with Gasteiger partial charge in [-0.1, -0.05) is 19.3 Å². The zero-order chi connectivity index (χ0) is 6.69. The summed E-state index contributed by atoms with van der Waals surface area (Å²) in [5.74, 6) is 3.95. The van der Waals surface area contributed by atoms with Gasteiger partial charge in [0.05, 0.1) is 0 Å². The maximum absolute atomic E-state index is 6.98. The molecular formula is C9H13. The molecule has 1 rings (SSSR count). The molecular weight excluding hydrogens is 108 g/mol. The van der Waals surface area contributed by atoms with E-state index in [1.807, 2.05) is 0 Å². The molecule has 0 aromatic rings. The predicted molar refractivity (Wildman–Crippen MR) is 38.3 cm³/mol. The van der Waals surface area contributed by atoms with E-state index < -0.39 is 0 Å². The van der Waals surface area contributed by atoms with Crippen molar-refractivity contribution >= 4 is 0 Å². The van der Waals surface area contributed by atoms with Gasteiger partial charge in [-0.2, -0.15) is 0 Å². The van der Waals surface area contributed by atoms with Crippen molar-refractivity contribution in [2.24, 2.45) is 11.8 Å². The van der Waals surface area contributed by atoms with Gasteiger partial charge in [0.1, 0.15) is 0 Å². The lowest BCUT2D eigenvalue weighted by Gasteiger charge is -2.04. The zero-order valence-electron chi connectivity index (χ0n) is 5.98. The first-order valence-corrected chi connectivity index (χ1v) is 3.80. The Labute approximate surface area is 57.7 Å². The molecule has 0 nitrogen and oxygen atoms in total. The molecule has 1 unspecified atom stereocenters. The van der Waals surface area contributed by atoms with Crippen LogP contribution in [0.4, 0.5) is 0 Å². The highest BCUT2D eigenvalue weighted by Gasteiger charge is 2.28. The molecule has 1 radical (unpaired) electrons. The van der Waals surface area contributed by atoms with Crippen LogP contribution in [0.25, 0.3) is 0 Å². The van der Waals surface area contributed by atoms with Crippen LogP contribution in [0.15, 0.2) is 0 Å². The third-order valence-corrected chi connectivity index (χ3v) is 1.98. The SMILES string of the molecule is [C]#CC(CCC)C1CC1. The lowest BCUT2D eigenvalue weighted by Crippen LogP contribution is -1.97. The van der Waals surface area contributed by atoms with Crippen LogP contribution < -0.4 is 0 Å². The van der Waals surface area contributed by atoms with Gasteiger partial charge in [0.15, 0.2) is 0 Å². The van der Waals surface area contributed by atoms with Crippen molar-refractivity contribution in [3.05, 3.63) is 6.42 Å². The third kappa shape index (κ3) is 1.75. The van der Waals surface area contributed by atoms with Gasteiger partial charge in [0, 0.05) is 5.92 Å². The highest BCUT2D eigenvalue weighted by atomic mass is 14.3. The van der Waals surface area contributed by atoms with Crippen LogP contribution >= 0.6 is 0 Å². The van der Waals surface area contributed by atoms with E-state index in [0.717, 1.165) is 5.92 Å². The second kappa shape index (κ2) is 2.92. The molecule has 0 bridgehead atoms. The molecule has 9 heavy (non-hydrogen) atoms. The van der Waals surface area contributed by atoms with Crippen molar-refractivity contribution < 1.29 is 0 Å². The van der Waals surface area contributed by atoms with Crippen LogP contribution in [-0.4, -0.2) is 0 Å². The van der Waals surface area contributed by atoms with Crippen molar-refractivity contribution in [3.63, 3.8) is 0 Å². The summed E-state index contributed by atoms with van der Waals surface area (Å²) in [5.41, 5.74) is 0. The highest BCUT2D eigenvalue weighted by Crippen LogP contribution is 2.38. The van der Waals surface area contributed by atoms with Crippen molar-refractivity contribution in [2.75, 3.05) is 0 Å². The summed E-state index contributed by atoms with van der Waals surface area (Å²) >= 11 is 0. The van der Waals surface area contributed by atoms with E-state index in [1.54, 1.807) is 0 Å². The molecule has 1 aliphatic rings. The summed E-state index contributed by atoms with van der Waals surface area (Å²) in [6.07, 6.45) is 12.0. The summed E-state index contributed by atoms with van der Waals surface area (Å²) in [6.45, 7) is 2.17. The summed E-state index contributed by atoms with van der Waals surface area (Å²) in [6, 6.07) is 0. The van der Waals surface area contributed by atoms with Gasteiger partial charge in [-0.15, -0.1) is 0 Å². The molecule has 0 spiro atoms. The molecule has 1 fully saturated rings.